The number of carbonyl (C=O) groups is 2. The van der Waals surface area contributed by atoms with E-state index >= 15 is 0 Å². The standard InChI is InChI=1S/C53H97NO10/c1-3-5-7-9-11-13-15-20-23-27-31-35-39-46(56)45(44-63-53-52(61)51(60)50(59)47(43-55)64-53)54-48(57)40-36-32-28-24-21-17-16-18-22-26-30-34-38-42-62-49(58)41-37-33-29-25-19-14-12-10-8-6-4-2/h17,20-21,23,35,39,45-47,50-53,55-56,59-61H,3-16,18-19,22,24-34,36-38,40-44H2,1-2H3,(H,54,57)/b21-17-,23-20+,39-35+. The zero-order valence-electron chi connectivity index (χ0n) is 40.7. The van der Waals surface area contributed by atoms with Gasteiger partial charge in [0, 0.05) is 12.8 Å². The summed E-state index contributed by atoms with van der Waals surface area (Å²) in [6, 6.07) is -0.846. The maximum absolute atomic E-state index is 13.0. The molecule has 0 bridgehead atoms. The lowest BCUT2D eigenvalue weighted by Crippen LogP contribution is -2.60. The highest BCUT2D eigenvalue weighted by molar-refractivity contribution is 5.76. The second-order valence-corrected chi connectivity index (χ2v) is 18.2. The number of hydrogen-bond acceptors (Lipinski definition) is 10. The predicted octanol–water partition coefficient (Wildman–Crippen LogP) is 10.8. The number of allylic oxidation sites excluding steroid dienone is 5. The molecule has 11 heteroatoms. The maximum atomic E-state index is 13.0. The quantitative estimate of drug-likeness (QED) is 0.0196. The minimum atomic E-state index is -1.59. The average molecular weight is 908 g/mol. The van der Waals surface area contributed by atoms with Crippen LogP contribution in [0.5, 0.6) is 0 Å². The van der Waals surface area contributed by atoms with E-state index in [2.05, 4.69) is 43.5 Å². The minimum absolute atomic E-state index is 0.0369. The molecule has 6 N–H and O–H groups in total. The van der Waals surface area contributed by atoms with Gasteiger partial charge in [0.25, 0.3) is 0 Å². The van der Waals surface area contributed by atoms with Gasteiger partial charge < -0.3 is 45.1 Å². The van der Waals surface area contributed by atoms with Crippen molar-refractivity contribution in [3.63, 3.8) is 0 Å². The molecular formula is C53H97NO10. The Morgan fingerprint density at radius 3 is 1.56 bits per heavy atom. The van der Waals surface area contributed by atoms with Crippen LogP contribution in [0.25, 0.3) is 0 Å². The van der Waals surface area contributed by atoms with Crippen LogP contribution < -0.4 is 5.32 Å². The molecule has 11 nitrogen and oxygen atoms in total. The third-order valence-corrected chi connectivity index (χ3v) is 12.2. The Kier molecular flexibility index (Phi) is 40.7. The van der Waals surface area contributed by atoms with E-state index in [0.717, 1.165) is 70.6 Å². The first-order valence-corrected chi connectivity index (χ1v) is 26.3. The molecule has 374 valence electrons. The fourth-order valence-electron chi connectivity index (χ4n) is 7.97. The number of amides is 1. The molecule has 0 spiro atoms. The molecule has 1 fully saturated rings. The van der Waals surface area contributed by atoms with Crippen LogP contribution in [0.2, 0.25) is 0 Å². The second-order valence-electron chi connectivity index (χ2n) is 18.2. The molecule has 0 aromatic heterocycles. The molecule has 1 saturated heterocycles. The molecule has 7 unspecified atom stereocenters. The summed E-state index contributed by atoms with van der Waals surface area (Å²) in [7, 11) is 0. The summed E-state index contributed by atoms with van der Waals surface area (Å²) in [4.78, 5) is 25.0. The van der Waals surface area contributed by atoms with Crippen molar-refractivity contribution >= 4 is 11.9 Å². The smallest absolute Gasteiger partial charge is 0.305 e. The SMILES string of the molecule is CCCCCCCC/C=C/CC/C=C/C(O)C(COC1OC(CO)C(O)C(O)C1O)NC(=O)CCCCC/C=C\CCCCCCCCOC(=O)CCCCCCCCCCCCC. The Morgan fingerprint density at radius 1 is 0.562 bits per heavy atom. The number of nitrogens with one attached hydrogen (secondary N) is 1. The summed E-state index contributed by atoms with van der Waals surface area (Å²) in [5, 5.41) is 54.2. The number of unbranched alkanes of at least 4 members (excludes halogenated alkanes) is 26. The monoisotopic (exact) mass is 908 g/mol. The van der Waals surface area contributed by atoms with Gasteiger partial charge in [0.2, 0.25) is 5.91 Å². The number of aliphatic hydroxyl groups is 5. The van der Waals surface area contributed by atoms with Crippen LogP contribution in [0.3, 0.4) is 0 Å². The third kappa shape index (κ3) is 33.4. The number of rotatable bonds is 44. The van der Waals surface area contributed by atoms with Crippen LogP contribution in [-0.2, 0) is 23.8 Å². The van der Waals surface area contributed by atoms with Crippen molar-refractivity contribution in [1.29, 1.82) is 0 Å². The number of hydrogen-bond donors (Lipinski definition) is 6. The molecule has 0 aromatic carbocycles. The lowest BCUT2D eigenvalue weighted by atomic mass is 9.99. The van der Waals surface area contributed by atoms with E-state index in [1.807, 2.05) is 6.08 Å². The van der Waals surface area contributed by atoms with E-state index in [0.29, 0.717) is 25.9 Å². The Bertz CT molecular complexity index is 1160. The largest absolute Gasteiger partial charge is 0.466 e. The molecule has 7 atom stereocenters. The molecule has 64 heavy (non-hydrogen) atoms. The van der Waals surface area contributed by atoms with Gasteiger partial charge in [-0.15, -0.1) is 0 Å². The molecule has 1 heterocycles. The van der Waals surface area contributed by atoms with Crippen LogP contribution in [-0.4, -0.2) is 100 Å². The Balaban J connectivity index is 2.22. The van der Waals surface area contributed by atoms with Crippen molar-refractivity contribution in [2.45, 2.75) is 269 Å². The summed E-state index contributed by atoms with van der Waals surface area (Å²) < 4.78 is 16.6. The van der Waals surface area contributed by atoms with Crippen LogP contribution in [0.1, 0.15) is 226 Å². The van der Waals surface area contributed by atoms with Gasteiger partial charge >= 0.3 is 5.97 Å². The highest BCUT2D eigenvalue weighted by Crippen LogP contribution is 2.23. The molecule has 1 aliphatic heterocycles. The highest BCUT2D eigenvalue weighted by atomic mass is 16.7. The van der Waals surface area contributed by atoms with Crippen LogP contribution >= 0.6 is 0 Å². The molecule has 1 rings (SSSR count). The summed E-state index contributed by atoms with van der Waals surface area (Å²) in [6.07, 6.45) is 40.8. The minimum Gasteiger partial charge on any atom is -0.466 e. The van der Waals surface area contributed by atoms with Crippen molar-refractivity contribution < 1.29 is 49.3 Å². The van der Waals surface area contributed by atoms with E-state index in [1.54, 1.807) is 6.08 Å². The van der Waals surface area contributed by atoms with Crippen molar-refractivity contribution in [3.8, 4) is 0 Å². The molecule has 1 aliphatic rings. The first-order valence-electron chi connectivity index (χ1n) is 26.3. The molecule has 0 saturated carbocycles. The summed E-state index contributed by atoms with van der Waals surface area (Å²) >= 11 is 0. The molecule has 0 radical (unpaired) electrons. The number of carbonyl (C=O) groups excluding carboxylic acids is 2. The number of esters is 1. The first-order chi connectivity index (χ1) is 31.2. The van der Waals surface area contributed by atoms with E-state index in [4.69, 9.17) is 14.2 Å². The molecule has 0 aromatic rings. The van der Waals surface area contributed by atoms with Gasteiger partial charge in [-0.25, -0.2) is 0 Å². The average Bonchev–Trinajstić information content (AvgIpc) is 3.29. The maximum Gasteiger partial charge on any atom is 0.305 e. The third-order valence-electron chi connectivity index (χ3n) is 12.2. The lowest BCUT2D eigenvalue weighted by Gasteiger charge is -2.40. The van der Waals surface area contributed by atoms with Crippen molar-refractivity contribution in [2.24, 2.45) is 0 Å². The van der Waals surface area contributed by atoms with Gasteiger partial charge in [-0.05, 0) is 70.6 Å². The van der Waals surface area contributed by atoms with E-state index in [1.165, 1.54) is 122 Å². The normalized spacial score (nSPS) is 20.1. The summed E-state index contributed by atoms with van der Waals surface area (Å²) in [5.74, 6) is -0.260. The van der Waals surface area contributed by atoms with Gasteiger partial charge in [-0.3, -0.25) is 9.59 Å². The van der Waals surface area contributed by atoms with Crippen LogP contribution in [0.4, 0.5) is 0 Å². The highest BCUT2D eigenvalue weighted by Gasteiger charge is 2.44. The molecular weight excluding hydrogens is 811 g/mol. The van der Waals surface area contributed by atoms with E-state index in [-0.39, 0.29) is 18.5 Å². The molecule has 1 amide bonds. The summed E-state index contributed by atoms with van der Waals surface area (Å²) in [6.45, 7) is 4.23. The fourth-order valence-corrected chi connectivity index (χ4v) is 7.97. The van der Waals surface area contributed by atoms with E-state index in [9.17, 15) is 35.1 Å². The van der Waals surface area contributed by atoms with Crippen molar-refractivity contribution in [3.05, 3.63) is 36.5 Å². The van der Waals surface area contributed by atoms with E-state index < -0.39 is 49.5 Å². The Morgan fingerprint density at radius 2 is 1.02 bits per heavy atom. The topological polar surface area (TPSA) is 175 Å². The Labute approximate surface area is 390 Å². The lowest BCUT2D eigenvalue weighted by molar-refractivity contribution is -0.302. The van der Waals surface area contributed by atoms with Crippen molar-refractivity contribution in [2.75, 3.05) is 19.8 Å². The van der Waals surface area contributed by atoms with Gasteiger partial charge in [-0.2, -0.15) is 0 Å². The predicted molar refractivity (Wildman–Crippen MR) is 260 cm³/mol. The van der Waals surface area contributed by atoms with Gasteiger partial charge in [0.05, 0.1) is 32.0 Å². The van der Waals surface area contributed by atoms with Gasteiger partial charge in [-0.1, -0.05) is 179 Å². The second kappa shape index (κ2) is 43.5. The van der Waals surface area contributed by atoms with Crippen molar-refractivity contribution in [1.82, 2.24) is 5.32 Å². The molecule has 0 aliphatic carbocycles. The summed E-state index contributed by atoms with van der Waals surface area (Å²) in [5.41, 5.74) is 0. The van der Waals surface area contributed by atoms with Crippen LogP contribution in [0, 0.1) is 0 Å². The first kappa shape index (κ1) is 59.9. The fraction of sp³-hybridized carbons (Fsp3) is 0.849. The van der Waals surface area contributed by atoms with Gasteiger partial charge in [0.1, 0.15) is 24.4 Å². The zero-order chi connectivity index (χ0) is 46.7. The number of ether oxygens (including phenoxy) is 3. The number of aliphatic hydroxyl groups excluding tert-OH is 5. The Hall–Kier alpha value is -2.12. The van der Waals surface area contributed by atoms with Gasteiger partial charge in [0.15, 0.2) is 6.29 Å². The zero-order valence-corrected chi connectivity index (χ0v) is 40.7. The van der Waals surface area contributed by atoms with Crippen LogP contribution in [0.15, 0.2) is 36.5 Å².